The van der Waals surface area contributed by atoms with Crippen LogP contribution in [0.3, 0.4) is 0 Å². The zero-order valence-electron chi connectivity index (χ0n) is 15.0. The second kappa shape index (κ2) is 8.79. The Balaban J connectivity index is 1.77. The molecule has 1 aliphatic rings. The molecule has 0 amide bonds. The average Bonchev–Trinajstić information content (AvgIpc) is 2.66. The van der Waals surface area contributed by atoms with Crippen molar-refractivity contribution >= 4 is 28.9 Å². The van der Waals surface area contributed by atoms with Crippen molar-refractivity contribution in [3.05, 3.63) is 53.3 Å². The summed E-state index contributed by atoms with van der Waals surface area (Å²) in [4.78, 5) is 7.68. The van der Waals surface area contributed by atoms with E-state index in [2.05, 4.69) is 27.2 Å². The Labute approximate surface area is 166 Å². The number of hydrogen-bond donors (Lipinski definition) is 2. The Hall–Kier alpha value is -2.32. The van der Waals surface area contributed by atoms with E-state index >= 15 is 0 Å². The first-order chi connectivity index (χ1) is 13.3. The zero-order valence-corrected chi connectivity index (χ0v) is 15.8. The van der Waals surface area contributed by atoms with Gasteiger partial charge in [-0.1, -0.05) is 24.2 Å². The number of halogens is 4. The van der Waals surface area contributed by atoms with E-state index in [1.807, 2.05) is 0 Å². The van der Waals surface area contributed by atoms with Gasteiger partial charge >= 0.3 is 6.18 Å². The number of nitrogens with zero attached hydrogens (tertiary/aromatic N) is 2. The van der Waals surface area contributed by atoms with E-state index in [1.54, 1.807) is 24.3 Å². The molecule has 150 valence electrons. The fourth-order valence-corrected chi connectivity index (χ4v) is 3.08. The van der Waals surface area contributed by atoms with Crippen molar-refractivity contribution in [2.24, 2.45) is 5.92 Å². The van der Waals surface area contributed by atoms with Crippen molar-refractivity contribution < 1.29 is 17.9 Å². The van der Waals surface area contributed by atoms with Gasteiger partial charge in [0.25, 0.3) is 0 Å². The van der Waals surface area contributed by atoms with Crippen molar-refractivity contribution in [3.63, 3.8) is 0 Å². The Morgan fingerprint density at radius 3 is 2.71 bits per heavy atom. The lowest BCUT2D eigenvalue weighted by atomic mass is 10.00. The van der Waals surface area contributed by atoms with E-state index in [0.29, 0.717) is 36.4 Å². The molecule has 0 spiro atoms. The molecule has 1 saturated heterocycles. The van der Waals surface area contributed by atoms with Crippen LogP contribution in [0.5, 0.6) is 0 Å². The second-order valence-corrected chi connectivity index (χ2v) is 6.94. The van der Waals surface area contributed by atoms with E-state index in [0.717, 1.165) is 19.0 Å². The van der Waals surface area contributed by atoms with Gasteiger partial charge in [0.15, 0.2) is 5.69 Å². The maximum absolute atomic E-state index is 13.6. The molecule has 0 saturated carbocycles. The second-order valence-electron chi connectivity index (χ2n) is 6.50. The summed E-state index contributed by atoms with van der Waals surface area (Å²) < 4.78 is 46.0. The topological polar surface area (TPSA) is 59.1 Å². The quantitative estimate of drug-likeness (QED) is 0.708. The molecule has 9 heteroatoms. The molecule has 1 aromatic carbocycles. The smallest absolute Gasteiger partial charge is 0.385 e. The number of rotatable bonds is 6. The van der Waals surface area contributed by atoms with Crippen molar-refractivity contribution in [1.82, 2.24) is 15.3 Å². The van der Waals surface area contributed by atoms with Crippen molar-refractivity contribution in [1.29, 1.82) is 0 Å². The predicted molar refractivity (Wildman–Crippen MR) is 102 cm³/mol. The minimum Gasteiger partial charge on any atom is -0.385 e. The number of anilines is 2. The zero-order chi connectivity index (χ0) is 20.1. The molecule has 5 nitrogen and oxygen atoms in total. The van der Waals surface area contributed by atoms with Crippen LogP contribution >= 0.6 is 11.6 Å². The molecule has 1 aliphatic heterocycles. The fourth-order valence-electron chi connectivity index (χ4n) is 2.89. The monoisotopic (exact) mass is 412 g/mol. The highest BCUT2D eigenvalue weighted by Gasteiger charge is 2.37. The minimum absolute atomic E-state index is 0.146. The van der Waals surface area contributed by atoms with Crippen LogP contribution in [0.25, 0.3) is 5.70 Å². The van der Waals surface area contributed by atoms with Crippen molar-refractivity contribution in [2.45, 2.75) is 19.0 Å². The first kappa shape index (κ1) is 20.4. The lowest BCUT2D eigenvalue weighted by Gasteiger charge is -2.23. The molecule has 2 heterocycles. The molecular formula is C19H20ClF3N4O. The summed E-state index contributed by atoms with van der Waals surface area (Å²) in [6, 6.07) is 6.56. The predicted octanol–water partition coefficient (Wildman–Crippen LogP) is 4.88. The molecular weight excluding hydrogens is 393 g/mol. The fraction of sp³-hybridized carbons (Fsp3) is 0.368. The van der Waals surface area contributed by atoms with Crippen LogP contribution in [-0.4, -0.2) is 29.7 Å². The molecule has 3 rings (SSSR count). The van der Waals surface area contributed by atoms with E-state index in [4.69, 9.17) is 16.3 Å². The first-order valence-corrected chi connectivity index (χ1v) is 9.18. The van der Waals surface area contributed by atoms with Crippen LogP contribution in [-0.2, 0) is 10.9 Å². The van der Waals surface area contributed by atoms with Gasteiger partial charge in [-0.3, -0.25) is 0 Å². The van der Waals surface area contributed by atoms with Crippen LogP contribution in [0.4, 0.5) is 24.8 Å². The number of hydrogen-bond acceptors (Lipinski definition) is 5. The molecule has 2 aromatic rings. The summed E-state index contributed by atoms with van der Waals surface area (Å²) in [6.07, 6.45) is -1.79. The van der Waals surface area contributed by atoms with Gasteiger partial charge in [0, 0.05) is 47.9 Å². The van der Waals surface area contributed by atoms with Gasteiger partial charge in [-0.05, 0) is 37.0 Å². The van der Waals surface area contributed by atoms with Gasteiger partial charge in [-0.2, -0.15) is 13.2 Å². The Bertz CT molecular complexity index is 838. The Kier molecular flexibility index (Phi) is 6.41. The molecule has 28 heavy (non-hydrogen) atoms. The van der Waals surface area contributed by atoms with E-state index in [1.165, 1.54) is 0 Å². The number of aromatic nitrogens is 2. The Morgan fingerprint density at radius 1 is 1.29 bits per heavy atom. The van der Waals surface area contributed by atoms with Crippen LogP contribution < -0.4 is 10.6 Å². The minimum atomic E-state index is -4.65. The number of benzene rings is 1. The number of ether oxygens (including phenoxy) is 1. The third-order valence-corrected chi connectivity index (χ3v) is 4.64. The molecule has 0 unspecified atom stereocenters. The number of nitrogens with one attached hydrogen (secondary N) is 2. The summed E-state index contributed by atoms with van der Waals surface area (Å²) in [5, 5.41) is 6.17. The van der Waals surface area contributed by atoms with Crippen molar-refractivity contribution in [3.8, 4) is 0 Å². The normalized spacial score (nSPS) is 15.3. The maximum Gasteiger partial charge on any atom is 0.434 e. The van der Waals surface area contributed by atoms with Gasteiger partial charge in [-0.15, -0.1) is 0 Å². The Morgan fingerprint density at radius 2 is 2.04 bits per heavy atom. The summed E-state index contributed by atoms with van der Waals surface area (Å²) in [5.41, 5.74) is -0.578. The molecule has 2 N–H and O–H groups in total. The summed E-state index contributed by atoms with van der Waals surface area (Å²) in [5.74, 6) is 0.167. The van der Waals surface area contributed by atoms with Gasteiger partial charge in [-0.25, -0.2) is 9.97 Å². The lowest BCUT2D eigenvalue weighted by Crippen LogP contribution is -2.27. The molecule has 0 radical (unpaired) electrons. The largest absolute Gasteiger partial charge is 0.434 e. The third kappa shape index (κ3) is 5.36. The van der Waals surface area contributed by atoms with Crippen molar-refractivity contribution in [2.75, 3.05) is 25.1 Å². The van der Waals surface area contributed by atoms with Crippen LogP contribution in [0.2, 0.25) is 5.02 Å². The highest BCUT2D eigenvalue weighted by Crippen LogP contribution is 2.33. The number of alkyl halides is 3. The first-order valence-electron chi connectivity index (χ1n) is 8.80. The van der Waals surface area contributed by atoms with Gasteiger partial charge in [0.1, 0.15) is 0 Å². The SMILES string of the molecule is C=C(NCC1CCOCC1)c1cnc(Nc2cccc(Cl)c2)nc1C(F)(F)F. The highest BCUT2D eigenvalue weighted by molar-refractivity contribution is 6.30. The summed E-state index contributed by atoms with van der Waals surface area (Å²) in [6.45, 7) is 5.61. The third-order valence-electron chi connectivity index (χ3n) is 4.41. The lowest BCUT2D eigenvalue weighted by molar-refractivity contribution is -0.141. The molecule has 1 fully saturated rings. The van der Waals surface area contributed by atoms with Crippen LogP contribution in [0.15, 0.2) is 37.0 Å². The van der Waals surface area contributed by atoms with E-state index < -0.39 is 11.9 Å². The maximum atomic E-state index is 13.6. The highest BCUT2D eigenvalue weighted by atomic mass is 35.5. The van der Waals surface area contributed by atoms with Gasteiger partial charge in [0.05, 0.1) is 0 Å². The summed E-state index contributed by atoms with van der Waals surface area (Å²) >= 11 is 5.89. The van der Waals surface area contributed by atoms with E-state index in [-0.39, 0.29) is 17.2 Å². The molecule has 0 bridgehead atoms. The molecule has 0 aliphatic carbocycles. The van der Waals surface area contributed by atoms with Gasteiger partial charge < -0.3 is 15.4 Å². The van der Waals surface area contributed by atoms with E-state index in [9.17, 15) is 13.2 Å². The van der Waals surface area contributed by atoms with Gasteiger partial charge in [0.2, 0.25) is 5.95 Å². The molecule has 1 aromatic heterocycles. The summed E-state index contributed by atoms with van der Waals surface area (Å²) in [7, 11) is 0. The van der Waals surface area contributed by atoms with Crippen LogP contribution in [0, 0.1) is 5.92 Å². The van der Waals surface area contributed by atoms with Crippen LogP contribution in [0.1, 0.15) is 24.1 Å². The molecule has 0 atom stereocenters. The standard InChI is InChI=1S/C19H20ClF3N4O/c1-12(24-10-13-5-7-28-8-6-13)16-11-25-18(27-17(16)19(21,22)23)26-15-4-2-3-14(20)9-15/h2-4,9,11,13,24H,1,5-8,10H2,(H,25,26,27). The average molecular weight is 413 g/mol.